The van der Waals surface area contributed by atoms with Crippen LogP contribution in [0.3, 0.4) is 0 Å². The zero-order chi connectivity index (χ0) is 12.8. The van der Waals surface area contributed by atoms with E-state index in [2.05, 4.69) is 40.5 Å². The lowest BCUT2D eigenvalue weighted by Gasteiger charge is -2.16. The molecule has 0 bridgehead atoms. The van der Waals surface area contributed by atoms with Gasteiger partial charge in [0.2, 0.25) is 0 Å². The average molecular weight is 241 g/mol. The van der Waals surface area contributed by atoms with Crippen LogP contribution in [0.15, 0.2) is 55.4 Å². The van der Waals surface area contributed by atoms with Crippen molar-refractivity contribution in [2.45, 2.75) is 13.0 Å². The van der Waals surface area contributed by atoms with E-state index in [0.717, 1.165) is 24.5 Å². The standard InChI is InChI=1S/C15H19N3/c1-3-9-16-12-13(2)18-11-10-17-15(18)14-7-5-4-6-8-14/h3-8,10-11,13,16H,1,9,12H2,2H3. The first-order valence-electron chi connectivity index (χ1n) is 6.23. The normalized spacial score (nSPS) is 12.3. The van der Waals surface area contributed by atoms with E-state index in [1.807, 2.05) is 36.7 Å². The number of hydrogen-bond acceptors (Lipinski definition) is 2. The predicted molar refractivity (Wildman–Crippen MR) is 75.4 cm³/mol. The second kappa shape index (κ2) is 6.17. The number of rotatable bonds is 6. The molecule has 0 aliphatic carbocycles. The van der Waals surface area contributed by atoms with Gasteiger partial charge in [-0.15, -0.1) is 6.58 Å². The van der Waals surface area contributed by atoms with Crippen molar-refractivity contribution >= 4 is 0 Å². The number of hydrogen-bond donors (Lipinski definition) is 1. The summed E-state index contributed by atoms with van der Waals surface area (Å²) in [6.45, 7) is 7.63. The summed E-state index contributed by atoms with van der Waals surface area (Å²) in [5.74, 6) is 1.02. The highest BCUT2D eigenvalue weighted by Gasteiger charge is 2.10. The van der Waals surface area contributed by atoms with E-state index in [1.54, 1.807) is 0 Å². The van der Waals surface area contributed by atoms with Crippen LogP contribution in [0.4, 0.5) is 0 Å². The van der Waals surface area contributed by atoms with Gasteiger partial charge in [-0.1, -0.05) is 36.4 Å². The third kappa shape index (κ3) is 2.87. The summed E-state index contributed by atoms with van der Waals surface area (Å²) in [6, 6.07) is 10.6. The van der Waals surface area contributed by atoms with Crippen LogP contribution in [-0.2, 0) is 0 Å². The van der Waals surface area contributed by atoms with Gasteiger partial charge in [-0.05, 0) is 6.92 Å². The molecule has 1 unspecified atom stereocenters. The van der Waals surface area contributed by atoms with Crippen LogP contribution in [0.1, 0.15) is 13.0 Å². The minimum atomic E-state index is 0.364. The zero-order valence-corrected chi connectivity index (χ0v) is 10.7. The van der Waals surface area contributed by atoms with Crippen LogP contribution < -0.4 is 5.32 Å². The van der Waals surface area contributed by atoms with Gasteiger partial charge in [-0.2, -0.15) is 0 Å². The van der Waals surface area contributed by atoms with Crippen molar-refractivity contribution in [3.05, 3.63) is 55.4 Å². The van der Waals surface area contributed by atoms with E-state index in [9.17, 15) is 0 Å². The summed E-state index contributed by atoms with van der Waals surface area (Å²) in [5.41, 5.74) is 1.15. The van der Waals surface area contributed by atoms with Gasteiger partial charge in [0.25, 0.3) is 0 Å². The van der Waals surface area contributed by atoms with Crippen LogP contribution >= 0.6 is 0 Å². The fraction of sp³-hybridized carbons (Fsp3) is 0.267. The first kappa shape index (κ1) is 12.6. The molecule has 0 aliphatic heterocycles. The van der Waals surface area contributed by atoms with E-state index in [0.29, 0.717) is 6.04 Å². The number of nitrogens with one attached hydrogen (secondary N) is 1. The summed E-state index contributed by atoms with van der Waals surface area (Å²) in [7, 11) is 0. The summed E-state index contributed by atoms with van der Waals surface area (Å²) in [4.78, 5) is 4.45. The Balaban J connectivity index is 2.15. The highest BCUT2D eigenvalue weighted by Crippen LogP contribution is 2.20. The van der Waals surface area contributed by atoms with Gasteiger partial charge in [-0.25, -0.2) is 4.98 Å². The Morgan fingerprint density at radius 1 is 1.39 bits per heavy atom. The molecule has 3 nitrogen and oxygen atoms in total. The molecule has 2 aromatic rings. The Morgan fingerprint density at radius 2 is 2.17 bits per heavy atom. The molecule has 3 heteroatoms. The minimum absolute atomic E-state index is 0.364. The van der Waals surface area contributed by atoms with E-state index in [4.69, 9.17) is 0 Å². The van der Waals surface area contributed by atoms with Gasteiger partial charge in [0, 0.05) is 37.1 Å². The van der Waals surface area contributed by atoms with Crippen LogP contribution in [0, 0.1) is 0 Å². The number of benzene rings is 1. The van der Waals surface area contributed by atoms with Gasteiger partial charge < -0.3 is 9.88 Å². The van der Waals surface area contributed by atoms with Gasteiger partial charge in [0.05, 0.1) is 0 Å². The van der Waals surface area contributed by atoms with Crippen molar-refractivity contribution < 1.29 is 0 Å². The molecular weight excluding hydrogens is 222 g/mol. The molecular formula is C15H19N3. The lowest BCUT2D eigenvalue weighted by Crippen LogP contribution is -2.23. The Labute approximate surface area is 108 Å². The largest absolute Gasteiger partial charge is 0.327 e. The van der Waals surface area contributed by atoms with Crippen molar-refractivity contribution in [1.82, 2.24) is 14.9 Å². The smallest absolute Gasteiger partial charge is 0.140 e. The zero-order valence-electron chi connectivity index (χ0n) is 10.7. The summed E-state index contributed by atoms with van der Waals surface area (Å²) >= 11 is 0. The first-order valence-corrected chi connectivity index (χ1v) is 6.23. The maximum Gasteiger partial charge on any atom is 0.140 e. The highest BCUT2D eigenvalue weighted by atomic mass is 15.1. The third-order valence-corrected chi connectivity index (χ3v) is 2.90. The lowest BCUT2D eigenvalue weighted by molar-refractivity contribution is 0.512. The molecule has 1 heterocycles. The highest BCUT2D eigenvalue weighted by molar-refractivity contribution is 5.55. The van der Waals surface area contributed by atoms with Gasteiger partial charge >= 0.3 is 0 Å². The predicted octanol–water partition coefficient (Wildman–Crippen LogP) is 2.89. The molecule has 94 valence electrons. The van der Waals surface area contributed by atoms with Crippen LogP contribution in [0.5, 0.6) is 0 Å². The number of nitrogens with zero attached hydrogens (tertiary/aromatic N) is 2. The monoisotopic (exact) mass is 241 g/mol. The summed E-state index contributed by atoms with van der Waals surface area (Å²) < 4.78 is 2.20. The Bertz CT molecular complexity index is 487. The molecule has 0 aliphatic rings. The van der Waals surface area contributed by atoms with E-state index >= 15 is 0 Å². The van der Waals surface area contributed by atoms with Gasteiger partial charge in [0.15, 0.2) is 0 Å². The molecule has 1 atom stereocenters. The first-order chi connectivity index (χ1) is 8.83. The fourth-order valence-corrected chi connectivity index (χ4v) is 1.97. The number of imidazole rings is 1. The third-order valence-electron chi connectivity index (χ3n) is 2.90. The summed E-state index contributed by atoms with van der Waals surface area (Å²) in [6.07, 6.45) is 5.76. The van der Waals surface area contributed by atoms with Crippen molar-refractivity contribution in [1.29, 1.82) is 0 Å². The van der Waals surface area contributed by atoms with Gasteiger partial charge in [-0.3, -0.25) is 0 Å². The van der Waals surface area contributed by atoms with E-state index in [-0.39, 0.29) is 0 Å². The van der Waals surface area contributed by atoms with Crippen LogP contribution in [0.25, 0.3) is 11.4 Å². The molecule has 0 radical (unpaired) electrons. The van der Waals surface area contributed by atoms with Crippen LogP contribution in [-0.4, -0.2) is 22.6 Å². The topological polar surface area (TPSA) is 29.9 Å². The maximum atomic E-state index is 4.45. The fourth-order valence-electron chi connectivity index (χ4n) is 1.97. The van der Waals surface area contributed by atoms with Crippen molar-refractivity contribution in [3.8, 4) is 11.4 Å². The van der Waals surface area contributed by atoms with E-state index < -0.39 is 0 Å². The molecule has 18 heavy (non-hydrogen) atoms. The molecule has 0 amide bonds. The maximum absolute atomic E-state index is 4.45. The minimum Gasteiger partial charge on any atom is -0.327 e. The molecule has 1 aromatic heterocycles. The Kier molecular flexibility index (Phi) is 4.31. The molecule has 0 fully saturated rings. The second-order valence-corrected chi connectivity index (χ2v) is 4.32. The van der Waals surface area contributed by atoms with Crippen molar-refractivity contribution in [2.24, 2.45) is 0 Å². The molecule has 2 rings (SSSR count). The number of aromatic nitrogens is 2. The van der Waals surface area contributed by atoms with E-state index in [1.165, 1.54) is 0 Å². The quantitative estimate of drug-likeness (QED) is 0.622. The van der Waals surface area contributed by atoms with Crippen molar-refractivity contribution in [2.75, 3.05) is 13.1 Å². The molecule has 1 aromatic carbocycles. The molecule has 0 saturated carbocycles. The average Bonchev–Trinajstić information content (AvgIpc) is 2.89. The van der Waals surface area contributed by atoms with Gasteiger partial charge in [0.1, 0.15) is 5.82 Å². The Morgan fingerprint density at radius 3 is 2.89 bits per heavy atom. The van der Waals surface area contributed by atoms with Crippen LogP contribution in [0.2, 0.25) is 0 Å². The molecule has 1 N–H and O–H groups in total. The Hall–Kier alpha value is -1.87. The van der Waals surface area contributed by atoms with Crippen molar-refractivity contribution in [3.63, 3.8) is 0 Å². The SMILES string of the molecule is C=CCNCC(C)n1ccnc1-c1ccccc1. The second-order valence-electron chi connectivity index (χ2n) is 4.32. The summed E-state index contributed by atoms with van der Waals surface area (Å²) in [5, 5.41) is 3.34. The molecule has 0 saturated heterocycles. The lowest BCUT2D eigenvalue weighted by atomic mass is 10.2. The molecule has 0 spiro atoms.